The number of likely N-dealkylation sites (tertiary alicyclic amines) is 1. The van der Waals surface area contributed by atoms with Crippen molar-refractivity contribution in [3.63, 3.8) is 0 Å². The molecular formula is C26H31N3O2. The van der Waals surface area contributed by atoms with Gasteiger partial charge in [-0.15, -0.1) is 0 Å². The van der Waals surface area contributed by atoms with Crippen LogP contribution in [0.5, 0.6) is 5.75 Å². The van der Waals surface area contributed by atoms with Gasteiger partial charge in [0.05, 0.1) is 17.6 Å². The molecular weight excluding hydrogens is 386 g/mol. The minimum atomic E-state index is 0.201. The van der Waals surface area contributed by atoms with Crippen molar-refractivity contribution in [1.29, 1.82) is 0 Å². The quantitative estimate of drug-likeness (QED) is 0.485. The molecule has 2 fully saturated rings. The Balaban J connectivity index is 1.26. The molecule has 0 bridgehead atoms. The number of nitrogens with zero attached hydrogens (tertiary/aromatic N) is 3. The number of fused-ring (bicyclic) bond motifs is 1. The topological polar surface area (TPSA) is 47.4 Å². The zero-order chi connectivity index (χ0) is 21.4. The van der Waals surface area contributed by atoms with Gasteiger partial charge in [-0.05, 0) is 68.9 Å². The maximum absolute atomic E-state index is 12.5. The Kier molecular flexibility index (Phi) is 5.43. The molecule has 1 atom stereocenters. The number of unbranched alkanes of at least 4 members (excludes halogenated alkanes) is 1. The van der Waals surface area contributed by atoms with E-state index in [1.165, 1.54) is 16.6 Å². The van der Waals surface area contributed by atoms with Crippen LogP contribution in [-0.2, 0) is 11.3 Å². The number of rotatable bonds is 8. The van der Waals surface area contributed by atoms with Crippen molar-refractivity contribution in [2.24, 2.45) is 0 Å². The van der Waals surface area contributed by atoms with Gasteiger partial charge in [0, 0.05) is 31.5 Å². The van der Waals surface area contributed by atoms with E-state index in [-0.39, 0.29) is 5.92 Å². The molecule has 0 N–H and O–H groups in total. The Morgan fingerprint density at radius 3 is 2.74 bits per heavy atom. The molecule has 5 heteroatoms. The van der Waals surface area contributed by atoms with Gasteiger partial charge in [-0.1, -0.05) is 24.3 Å². The van der Waals surface area contributed by atoms with E-state index in [2.05, 4.69) is 53.6 Å². The number of aryl methyl sites for hydroxylation is 2. The van der Waals surface area contributed by atoms with Gasteiger partial charge in [0.25, 0.3) is 0 Å². The molecule has 1 saturated heterocycles. The van der Waals surface area contributed by atoms with E-state index in [0.29, 0.717) is 25.0 Å². The SMILES string of the molecule is Cc1cccc(OCCCCn2c(C3CC(=O)N(C4CC4)C3)nc3ccccc32)c1C. The van der Waals surface area contributed by atoms with Crippen LogP contribution in [0.15, 0.2) is 42.5 Å². The van der Waals surface area contributed by atoms with Crippen LogP contribution in [0.25, 0.3) is 11.0 Å². The first kappa shape index (κ1) is 20.1. The van der Waals surface area contributed by atoms with Crippen LogP contribution >= 0.6 is 0 Å². The van der Waals surface area contributed by atoms with Gasteiger partial charge in [-0.25, -0.2) is 4.98 Å². The van der Waals surface area contributed by atoms with Crippen LogP contribution in [-0.4, -0.2) is 39.6 Å². The summed E-state index contributed by atoms with van der Waals surface area (Å²) in [4.78, 5) is 19.6. The van der Waals surface area contributed by atoms with E-state index in [1.807, 2.05) is 12.1 Å². The molecule has 1 aliphatic carbocycles. The number of carbonyl (C=O) groups excluding carboxylic acids is 1. The van der Waals surface area contributed by atoms with E-state index in [4.69, 9.17) is 9.72 Å². The highest BCUT2D eigenvalue weighted by Crippen LogP contribution is 2.37. The summed E-state index contributed by atoms with van der Waals surface area (Å²) in [6, 6.07) is 15.0. The van der Waals surface area contributed by atoms with Crippen LogP contribution in [0.2, 0.25) is 0 Å². The number of ether oxygens (including phenoxy) is 1. The van der Waals surface area contributed by atoms with Crippen molar-refractivity contribution >= 4 is 16.9 Å². The fourth-order valence-electron chi connectivity index (χ4n) is 4.72. The van der Waals surface area contributed by atoms with Crippen molar-refractivity contribution in [1.82, 2.24) is 14.5 Å². The third kappa shape index (κ3) is 4.06. The lowest BCUT2D eigenvalue weighted by molar-refractivity contribution is -0.128. The van der Waals surface area contributed by atoms with E-state index in [0.717, 1.165) is 55.9 Å². The lowest BCUT2D eigenvalue weighted by atomic mass is 10.1. The van der Waals surface area contributed by atoms with Gasteiger partial charge in [0.2, 0.25) is 5.91 Å². The molecule has 1 saturated carbocycles. The molecule has 162 valence electrons. The molecule has 31 heavy (non-hydrogen) atoms. The maximum Gasteiger partial charge on any atom is 0.223 e. The van der Waals surface area contributed by atoms with Gasteiger partial charge in [-0.2, -0.15) is 0 Å². The first-order chi connectivity index (χ1) is 15.1. The average Bonchev–Trinajstić information content (AvgIpc) is 3.44. The fourth-order valence-corrected chi connectivity index (χ4v) is 4.72. The summed E-state index contributed by atoms with van der Waals surface area (Å²) < 4.78 is 8.39. The van der Waals surface area contributed by atoms with E-state index < -0.39 is 0 Å². The van der Waals surface area contributed by atoms with E-state index >= 15 is 0 Å². The van der Waals surface area contributed by atoms with Gasteiger partial charge in [-0.3, -0.25) is 4.79 Å². The summed E-state index contributed by atoms with van der Waals surface area (Å²) in [5.74, 6) is 2.56. The Hall–Kier alpha value is -2.82. The third-order valence-electron chi connectivity index (χ3n) is 6.78. The summed E-state index contributed by atoms with van der Waals surface area (Å²) in [7, 11) is 0. The molecule has 2 aliphatic rings. The predicted molar refractivity (Wildman–Crippen MR) is 122 cm³/mol. The number of hydrogen-bond acceptors (Lipinski definition) is 3. The molecule has 0 spiro atoms. The number of carbonyl (C=O) groups is 1. The van der Waals surface area contributed by atoms with Crippen LogP contribution in [0.3, 0.4) is 0 Å². The lowest BCUT2D eigenvalue weighted by Crippen LogP contribution is -2.27. The monoisotopic (exact) mass is 417 g/mol. The van der Waals surface area contributed by atoms with Crippen molar-refractivity contribution in [2.75, 3.05) is 13.2 Å². The van der Waals surface area contributed by atoms with Gasteiger partial charge in [0.1, 0.15) is 11.6 Å². The molecule has 1 aliphatic heterocycles. The standard InChI is InChI=1S/C26H31N3O2/c1-18-8-7-11-24(19(18)2)31-15-6-5-14-28-23-10-4-3-9-22(23)27-26(28)20-16-25(30)29(17-20)21-12-13-21/h3-4,7-11,20-21H,5-6,12-17H2,1-2H3. The zero-order valence-corrected chi connectivity index (χ0v) is 18.5. The lowest BCUT2D eigenvalue weighted by Gasteiger charge is -2.16. The zero-order valence-electron chi connectivity index (χ0n) is 18.5. The van der Waals surface area contributed by atoms with Crippen LogP contribution in [0.4, 0.5) is 0 Å². The highest BCUT2D eigenvalue weighted by atomic mass is 16.5. The number of aromatic nitrogens is 2. The molecule has 1 aromatic heterocycles. The highest BCUT2D eigenvalue weighted by Gasteiger charge is 2.41. The van der Waals surface area contributed by atoms with Gasteiger partial charge < -0.3 is 14.2 Å². The summed E-state index contributed by atoms with van der Waals surface area (Å²) in [6.07, 6.45) is 4.92. The summed E-state index contributed by atoms with van der Waals surface area (Å²) in [5.41, 5.74) is 4.68. The highest BCUT2D eigenvalue weighted by molar-refractivity contribution is 5.81. The second-order valence-electron chi connectivity index (χ2n) is 9.04. The van der Waals surface area contributed by atoms with Crippen LogP contribution in [0.1, 0.15) is 55.0 Å². The average molecular weight is 418 g/mol. The van der Waals surface area contributed by atoms with Crippen molar-refractivity contribution in [3.05, 3.63) is 59.4 Å². The molecule has 3 aromatic rings. The third-order valence-corrected chi connectivity index (χ3v) is 6.78. The number of benzene rings is 2. The summed E-state index contributed by atoms with van der Waals surface area (Å²) in [6.45, 7) is 6.67. The van der Waals surface area contributed by atoms with Gasteiger partial charge in [0.15, 0.2) is 0 Å². The Labute approximate surface area is 184 Å². The number of amides is 1. The van der Waals surface area contributed by atoms with Crippen molar-refractivity contribution in [3.8, 4) is 5.75 Å². The molecule has 0 radical (unpaired) electrons. The first-order valence-electron chi connectivity index (χ1n) is 11.6. The minimum Gasteiger partial charge on any atom is -0.493 e. The van der Waals surface area contributed by atoms with Crippen molar-refractivity contribution in [2.45, 2.75) is 64.5 Å². The smallest absolute Gasteiger partial charge is 0.223 e. The number of para-hydroxylation sites is 2. The molecule has 1 unspecified atom stereocenters. The second kappa shape index (κ2) is 8.37. The van der Waals surface area contributed by atoms with Crippen LogP contribution < -0.4 is 4.74 Å². The molecule has 5 nitrogen and oxygen atoms in total. The first-order valence-corrected chi connectivity index (χ1v) is 11.6. The molecule has 5 rings (SSSR count). The van der Waals surface area contributed by atoms with Crippen molar-refractivity contribution < 1.29 is 9.53 Å². The summed E-state index contributed by atoms with van der Waals surface area (Å²) in [5, 5.41) is 0. The molecule has 2 aromatic carbocycles. The normalized spacial score (nSPS) is 18.8. The number of hydrogen-bond donors (Lipinski definition) is 0. The maximum atomic E-state index is 12.5. The molecule has 2 heterocycles. The Morgan fingerprint density at radius 2 is 1.90 bits per heavy atom. The predicted octanol–water partition coefficient (Wildman–Crippen LogP) is 4.99. The van der Waals surface area contributed by atoms with Gasteiger partial charge >= 0.3 is 0 Å². The van der Waals surface area contributed by atoms with Crippen LogP contribution in [0, 0.1) is 13.8 Å². The summed E-state index contributed by atoms with van der Waals surface area (Å²) >= 11 is 0. The molecule has 1 amide bonds. The number of imidazole rings is 1. The second-order valence-corrected chi connectivity index (χ2v) is 9.04. The largest absolute Gasteiger partial charge is 0.493 e. The van der Waals surface area contributed by atoms with E-state index in [9.17, 15) is 4.79 Å². The Bertz CT molecular complexity index is 1100. The van der Waals surface area contributed by atoms with E-state index in [1.54, 1.807) is 0 Å². The Morgan fingerprint density at radius 1 is 1.06 bits per heavy atom. The minimum absolute atomic E-state index is 0.201. The fraction of sp³-hybridized carbons (Fsp3) is 0.462.